The van der Waals surface area contributed by atoms with Gasteiger partial charge in [-0.2, -0.15) is 0 Å². The summed E-state index contributed by atoms with van der Waals surface area (Å²) in [6.07, 6.45) is 2.36. The molecule has 0 aliphatic carbocycles. The lowest BCUT2D eigenvalue weighted by molar-refractivity contribution is -0.0917. The van der Waals surface area contributed by atoms with Gasteiger partial charge in [0.1, 0.15) is 0 Å². The molecule has 0 radical (unpaired) electrons. The zero-order valence-corrected chi connectivity index (χ0v) is 14.9. The van der Waals surface area contributed by atoms with E-state index in [9.17, 15) is 0 Å². The summed E-state index contributed by atoms with van der Waals surface area (Å²) in [4.78, 5) is 2.45. The molecule has 21 heavy (non-hydrogen) atoms. The Hall–Kier alpha value is -0.160. The van der Waals surface area contributed by atoms with Crippen molar-refractivity contribution in [2.45, 2.75) is 71.6 Å². The summed E-state index contributed by atoms with van der Waals surface area (Å²) in [6.45, 7) is 18.2. The van der Waals surface area contributed by atoms with Crippen molar-refractivity contribution in [3.05, 3.63) is 0 Å². The van der Waals surface area contributed by atoms with Gasteiger partial charge in [0.05, 0.1) is 11.7 Å². The molecule has 1 aliphatic heterocycles. The summed E-state index contributed by atoms with van der Waals surface area (Å²) in [7, 11) is 0. The second-order valence-corrected chi connectivity index (χ2v) is 7.85. The van der Waals surface area contributed by atoms with Crippen molar-refractivity contribution in [3.8, 4) is 0 Å². The summed E-state index contributed by atoms with van der Waals surface area (Å²) < 4.78 is 17.1. The summed E-state index contributed by atoms with van der Waals surface area (Å²) in [6, 6.07) is 0. The molecule has 0 aromatic heterocycles. The Morgan fingerprint density at radius 3 is 1.95 bits per heavy atom. The fourth-order valence-corrected chi connectivity index (χ4v) is 2.14. The van der Waals surface area contributed by atoms with E-state index in [1.165, 1.54) is 0 Å². The van der Waals surface area contributed by atoms with Crippen molar-refractivity contribution in [3.63, 3.8) is 0 Å². The quantitative estimate of drug-likeness (QED) is 0.612. The predicted octanol–water partition coefficient (Wildman–Crippen LogP) is 3.10. The van der Waals surface area contributed by atoms with Crippen LogP contribution in [0.4, 0.5) is 0 Å². The van der Waals surface area contributed by atoms with Crippen LogP contribution in [0.5, 0.6) is 0 Å². The largest absolute Gasteiger partial charge is 0.381 e. The fraction of sp³-hybridized carbons (Fsp3) is 1.00. The molecule has 0 spiro atoms. The smallest absolute Gasteiger partial charge is 0.0829 e. The second-order valence-electron chi connectivity index (χ2n) is 7.85. The zero-order chi connectivity index (χ0) is 15.9. The van der Waals surface area contributed by atoms with Crippen LogP contribution >= 0.6 is 0 Å². The molecule has 126 valence electrons. The number of likely N-dealkylation sites (tertiary alicyclic amines) is 1. The average molecular weight is 301 g/mol. The Morgan fingerprint density at radius 1 is 0.857 bits per heavy atom. The van der Waals surface area contributed by atoms with Gasteiger partial charge in [0, 0.05) is 45.1 Å². The molecule has 0 saturated carbocycles. The normalized spacial score (nSPS) is 18.0. The molecule has 1 heterocycles. The SMILES string of the molecule is CC(C)(C)OCCCOCCCOC1CN(C(C)(C)C)C1. The fourth-order valence-electron chi connectivity index (χ4n) is 2.14. The standard InChI is InChI=1S/C17H35NO3/c1-16(2,3)18-13-15(14-18)20-11-7-9-19-10-8-12-21-17(4,5)6/h15H,7-14H2,1-6H3. The minimum Gasteiger partial charge on any atom is -0.381 e. The molecule has 1 aliphatic rings. The number of rotatable bonds is 9. The molecule has 4 heteroatoms. The predicted molar refractivity (Wildman–Crippen MR) is 86.8 cm³/mol. The van der Waals surface area contributed by atoms with Crippen LogP contribution in [-0.4, -0.2) is 61.7 Å². The minimum absolute atomic E-state index is 0.0441. The third-order valence-corrected chi connectivity index (χ3v) is 3.55. The maximum absolute atomic E-state index is 5.83. The Bertz CT molecular complexity index is 275. The van der Waals surface area contributed by atoms with E-state index in [0.29, 0.717) is 6.10 Å². The number of nitrogens with zero attached hydrogens (tertiary/aromatic N) is 1. The van der Waals surface area contributed by atoms with Crippen LogP contribution in [0.15, 0.2) is 0 Å². The Kier molecular flexibility index (Phi) is 7.62. The van der Waals surface area contributed by atoms with Gasteiger partial charge in [-0.05, 0) is 54.4 Å². The van der Waals surface area contributed by atoms with Crippen LogP contribution in [-0.2, 0) is 14.2 Å². The van der Waals surface area contributed by atoms with Gasteiger partial charge in [-0.15, -0.1) is 0 Å². The highest BCUT2D eigenvalue weighted by Gasteiger charge is 2.34. The van der Waals surface area contributed by atoms with Gasteiger partial charge in [-0.25, -0.2) is 0 Å². The molecule has 1 fully saturated rings. The molecule has 0 aromatic rings. The van der Waals surface area contributed by atoms with Gasteiger partial charge in [0.25, 0.3) is 0 Å². The van der Waals surface area contributed by atoms with Crippen LogP contribution < -0.4 is 0 Å². The van der Waals surface area contributed by atoms with E-state index in [4.69, 9.17) is 14.2 Å². The number of ether oxygens (including phenoxy) is 3. The first-order chi connectivity index (χ1) is 9.68. The van der Waals surface area contributed by atoms with Crippen molar-refractivity contribution >= 4 is 0 Å². The van der Waals surface area contributed by atoms with Crippen LogP contribution in [0.3, 0.4) is 0 Å². The van der Waals surface area contributed by atoms with Crippen LogP contribution in [0, 0.1) is 0 Å². The summed E-state index contributed by atoms with van der Waals surface area (Å²) >= 11 is 0. The van der Waals surface area contributed by atoms with Crippen molar-refractivity contribution in [2.24, 2.45) is 0 Å². The lowest BCUT2D eigenvalue weighted by atomic mass is 9.99. The lowest BCUT2D eigenvalue weighted by Crippen LogP contribution is -2.59. The molecule has 0 atom stereocenters. The number of hydrogen-bond acceptors (Lipinski definition) is 4. The highest BCUT2D eigenvalue weighted by molar-refractivity contribution is 4.89. The van der Waals surface area contributed by atoms with Gasteiger partial charge >= 0.3 is 0 Å². The van der Waals surface area contributed by atoms with E-state index in [2.05, 4.69) is 46.4 Å². The minimum atomic E-state index is -0.0441. The van der Waals surface area contributed by atoms with E-state index in [0.717, 1.165) is 52.4 Å². The van der Waals surface area contributed by atoms with E-state index in [1.54, 1.807) is 0 Å². The zero-order valence-electron chi connectivity index (χ0n) is 14.9. The molecule has 0 bridgehead atoms. The number of hydrogen-bond donors (Lipinski definition) is 0. The van der Waals surface area contributed by atoms with Crippen LogP contribution in [0.25, 0.3) is 0 Å². The lowest BCUT2D eigenvalue weighted by Gasteiger charge is -2.47. The van der Waals surface area contributed by atoms with Gasteiger partial charge < -0.3 is 14.2 Å². The van der Waals surface area contributed by atoms with Gasteiger partial charge in [-0.1, -0.05) is 0 Å². The van der Waals surface area contributed by atoms with Crippen molar-refractivity contribution in [1.29, 1.82) is 0 Å². The van der Waals surface area contributed by atoms with Crippen molar-refractivity contribution in [1.82, 2.24) is 4.90 Å². The third kappa shape index (κ3) is 8.77. The summed E-state index contributed by atoms with van der Waals surface area (Å²) in [5.74, 6) is 0. The molecular formula is C17H35NO3. The third-order valence-electron chi connectivity index (χ3n) is 3.55. The summed E-state index contributed by atoms with van der Waals surface area (Å²) in [5, 5.41) is 0. The average Bonchev–Trinajstić information content (AvgIpc) is 2.25. The molecule has 1 saturated heterocycles. The van der Waals surface area contributed by atoms with E-state index in [-0.39, 0.29) is 11.1 Å². The van der Waals surface area contributed by atoms with Gasteiger partial charge in [-0.3, -0.25) is 4.90 Å². The molecule has 0 N–H and O–H groups in total. The van der Waals surface area contributed by atoms with Gasteiger partial charge in [0.15, 0.2) is 0 Å². The Morgan fingerprint density at radius 2 is 1.43 bits per heavy atom. The van der Waals surface area contributed by atoms with Gasteiger partial charge in [0.2, 0.25) is 0 Å². The monoisotopic (exact) mass is 301 g/mol. The molecule has 0 amide bonds. The summed E-state index contributed by atoms with van der Waals surface area (Å²) in [5.41, 5.74) is 0.232. The van der Waals surface area contributed by atoms with E-state index < -0.39 is 0 Å². The highest BCUT2D eigenvalue weighted by Crippen LogP contribution is 2.22. The van der Waals surface area contributed by atoms with Crippen LogP contribution in [0.1, 0.15) is 54.4 Å². The van der Waals surface area contributed by atoms with E-state index in [1.807, 2.05) is 0 Å². The maximum Gasteiger partial charge on any atom is 0.0829 e. The van der Waals surface area contributed by atoms with Crippen molar-refractivity contribution in [2.75, 3.05) is 39.5 Å². The molecule has 0 aromatic carbocycles. The first kappa shape index (κ1) is 18.9. The van der Waals surface area contributed by atoms with Crippen molar-refractivity contribution < 1.29 is 14.2 Å². The molecule has 1 rings (SSSR count). The topological polar surface area (TPSA) is 30.9 Å². The maximum atomic E-state index is 5.83. The second kappa shape index (κ2) is 8.47. The molecule has 0 unspecified atom stereocenters. The highest BCUT2D eigenvalue weighted by atomic mass is 16.5. The first-order valence-electron chi connectivity index (χ1n) is 8.27. The Balaban J connectivity index is 1.82. The molecule has 4 nitrogen and oxygen atoms in total. The molecular weight excluding hydrogens is 266 g/mol. The van der Waals surface area contributed by atoms with E-state index >= 15 is 0 Å². The Labute approximate surface area is 131 Å². The first-order valence-corrected chi connectivity index (χ1v) is 8.27. The van der Waals surface area contributed by atoms with Crippen LogP contribution in [0.2, 0.25) is 0 Å².